The number of hydrogen-bond acceptors (Lipinski definition) is 5. The highest BCUT2D eigenvalue weighted by Gasteiger charge is 2.08. The van der Waals surface area contributed by atoms with Gasteiger partial charge in [0.15, 0.2) is 5.82 Å². The largest absolute Gasteiger partial charge is 0.468 e. The maximum Gasteiger partial charge on any atom is 0.170 e. The van der Waals surface area contributed by atoms with Crippen LogP contribution in [0.3, 0.4) is 0 Å². The molecule has 0 aliphatic carbocycles. The van der Waals surface area contributed by atoms with E-state index in [0.29, 0.717) is 24.6 Å². The van der Waals surface area contributed by atoms with E-state index in [1.54, 1.807) is 23.1 Å². The highest BCUT2D eigenvalue weighted by atomic mass is 19.1. The van der Waals surface area contributed by atoms with E-state index in [2.05, 4.69) is 20.8 Å². The molecular formula is C13H12FN5O. The summed E-state index contributed by atoms with van der Waals surface area (Å²) in [5.41, 5.74) is 0.714. The van der Waals surface area contributed by atoms with Gasteiger partial charge in [-0.2, -0.15) is 4.68 Å². The van der Waals surface area contributed by atoms with Gasteiger partial charge in [0.25, 0.3) is 0 Å². The highest BCUT2D eigenvalue weighted by Crippen LogP contribution is 2.09. The Hall–Kier alpha value is -2.54. The Balaban J connectivity index is 1.68. The fourth-order valence-corrected chi connectivity index (χ4v) is 1.81. The number of halogens is 1. The molecule has 0 amide bonds. The first-order chi connectivity index (χ1) is 9.83. The van der Waals surface area contributed by atoms with Crippen molar-refractivity contribution in [2.24, 2.45) is 0 Å². The van der Waals surface area contributed by atoms with Crippen LogP contribution >= 0.6 is 0 Å². The average molecular weight is 273 g/mol. The second-order valence-corrected chi connectivity index (χ2v) is 4.17. The van der Waals surface area contributed by atoms with Crippen LogP contribution in [-0.2, 0) is 13.1 Å². The van der Waals surface area contributed by atoms with E-state index >= 15 is 0 Å². The Bertz CT molecular complexity index is 662. The van der Waals surface area contributed by atoms with Crippen molar-refractivity contribution in [2.75, 3.05) is 0 Å². The molecule has 0 bridgehead atoms. The maximum atomic E-state index is 12.9. The number of aromatic nitrogens is 4. The molecule has 0 unspecified atom stereocenters. The third kappa shape index (κ3) is 2.72. The van der Waals surface area contributed by atoms with Gasteiger partial charge in [-0.05, 0) is 46.8 Å². The summed E-state index contributed by atoms with van der Waals surface area (Å²) in [4.78, 5) is 0. The van der Waals surface area contributed by atoms with E-state index in [0.717, 1.165) is 5.76 Å². The van der Waals surface area contributed by atoms with E-state index in [4.69, 9.17) is 4.42 Å². The highest BCUT2D eigenvalue weighted by molar-refractivity contribution is 5.31. The van der Waals surface area contributed by atoms with Gasteiger partial charge in [-0.3, -0.25) is 0 Å². The monoisotopic (exact) mass is 273 g/mol. The minimum Gasteiger partial charge on any atom is -0.468 e. The van der Waals surface area contributed by atoms with Crippen molar-refractivity contribution in [2.45, 2.75) is 13.1 Å². The lowest BCUT2D eigenvalue weighted by Gasteiger charge is -2.05. The second-order valence-electron chi connectivity index (χ2n) is 4.17. The van der Waals surface area contributed by atoms with Gasteiger partial charge >= 0.3 is 0 Å². The summed E-state index contributed by atoms with van der Waals surface area (Å²) in [5, 5.41) is 14.7. The number of hydrogen-bond donors (Lipinski definition) is 1. The van der Waals surface area contributed by atoms with Gasteiger partial charge in [-0.15, -0.1) is 5.10 Å². The van der Waals surface area contributed by atoms with Gasteiger partial charge in [0.2, 0.25) is 0 Å². The van der Waals surface area contributed by atoms with Gasteiger partial charge in [0.1, 0.15) is 11.6 Å². The predicted octanol–water partition coefficient (Wildman–Crippen LogP) is 1.68. The van der Waals surface area contributed by atoms with E-state index in [1.807, 2.05) is 12.1 Å². The fraction of sp³-hybridized carbons (Fsp3) is 0.154. The summed E-state index contributed by atoms with van der Waals surface area (Å²) in [6, 6.07) is 9.72. The van der Waals surface area contributed by atoms with Crippen LogP contribution < -0.4 is 5.32 Å². The molecule has 0 saturated heterocycles. The molecule has 20 heavy (non-hydrogen) atoms. The number of nitrogens with zero attached hydrogens (tertiary/aromatic N) is 4. The molecule has 3 rings (SSSR count). The number of tetrazole rings is 1. The van der Waals surface area contributed by atoms with Crippen molar-refractivity contribution in [3.8, 4) is 5.69 Å². The molecule has 0 saturated carbocycles. The lowest BCUT2D eigenvalue weighted by Crippen LogP contribution is -2.16. The topological polar surface area (TPSA) is 68.8 Å². The summed E-state index contributed by atoms with van der Waals surface area (Å²) < 4.78 is 19.7. The Kier molecular flexibility index (Phi) is 3.51. The van der Waals surface area contributed by atoms with Crippen LogP contribution in [0.4, 0.5) is 4.39 Å². The minimum absolute atomic E-state index is 0.292. The number of benzene rings is 1. The van der Waals surface area contributed by atoms with Gasteiger partial charge < -0.3 is 9.73 Å². The zero-order chi connectivity index (χ0) is 13.8. The molecule has 1 aromatic carbocycles. The van der Waals surface area contributed by atoms with Gasteiger partial charge in [0.05, 0.1) is 25.0 Å². The molecule has 0 fully saturated rings. The summed E-state index contributed by atoms with van der Waals surface area (Å²) in [5.74, 6) is 1.19. The Labute approximate surface area is 114 Å². The molecule has 102 valence electrons. The smallest absolute Gasteiger partial charge is 0.170 e. The maximum absolute atomic E-state index is 12.9. The van der Waals surface area contributed by atoms with E-state index < -0.39 is 0 Å². The molecule has 0 aliphatic rings. The first-order valence-corrected chi connectivity index (χ1v) is 6.09. The zero-order valence-electron chi connectivity index (χ0n) is 10.5. The molecule has 0 atom stereocenters. The Morgan fingerprint density at radius 1 is 1.15 bits per heavy atom. The number of nitrogens with one attached hydrogen (secondary N) is 1. The normalized spacial score (nSPS) is 10.8. The third-order valence-electron chi connectivity index (χ3n) is 2.77. The van der Waals surface area contributed by atoms with Crippen LogP contribution in [-0.4, -0.2) is 20.2 Å². The number of rotatable bonds is 5. The van der Waals surface area contributed by atoms with Crippen molar-refractivity contribution >= 4 is 0 Å². The van der Waals surface area contributed by atoms with Crippen LogP contribution in [0.25, 0.3) is 5.69 Å². The molecule has 1 N–H and O–H groups in total. The molecule has 3 aromatic rings. The van der Waals surface area contributed by atoms with Crippen LogP contribution in [0.1, 0.15) is 11.6 Å². The molecule has 0 aliphatic heterocycles. The third-order valence-corrected chi connectivity index (χ3v) is 2.77. The van der Waals surface area contributed by atoms with Crippen LogP contribution in [0.5, 0.6) is 0 Å². The minimum atomic E-state index is -0.292. The first kappa shape index (κ1) is 12.5. The summed E-state index contributed by atoms with van der Waals surface area (Å²) in [7, 11) is 0. The fourth-order valence-electron chi connectivity index (χ4n) is 1.81. The van der Waals surface area contributed by atoms with Crippen molar-refractivity contribution < 1.29 is 8.81 Å². The Morgan fingerprint density at radius 2 is 2.00 bits per heavy atom. The molecule has 0 radical (unpaired) electrons. The number of furan rings is 1. The molecule has 2 aromatic heterocycles. The van der Waals surface area contributed by atoms with Gasteiger partial charge in [0, 0.05) is 0 Å². The molecule has 0 spiro atoms. The van der Waals surface area contributed by atoms with E-state index in [1.165, 1.54) is 12.1 Å². The lowest BCUT2D eigenvalue weighted by molar-refractivity contribution is 0.479. The predicted molar refractivity (Wildman–Crippen MR) is 68.4 cm³/mol. The summed E-state index contributed by atoms with van der Waals surface area (Å²) >= 11 is 0. The molecule has 6 nitrogen and oxygen atoms in total. The molecule has 7 heteroatoms. The second kappa shape index (κ2) is 5.62. The van der Waals surface area contributed by atoms with Crippen molar-refractivity contribution in [1.29, 1.82) is 0 Å². The van der Waals surface area contributed by atoms with Gasteiger partial charge in [-0.25, -0.2) is 4.39 Å². The SMILES string of the molecule is Fc1ccc(-n2nnnc2CNCc2ccco2)cc1. The summed E-state index contributed by atoms with van der Waals surface area (Å²) in [6.07, 6.45) is 1.62. The molecular weight excluding hydrogens is 261 g/mol. The van der Waals surface area contributed by atoms with E-state index in [9.17, 15) is 4.39 Å². The van der Waals surface area contributed by atoms with E-state index in [-0.39, 0.29) is 5.82 Å². The molecule has 2 heterocycles. The lowest BCUT2D eigenvalue weighted by atomic mass is 10.3. The quantitative estimate of drug-likeness (QED) is 0.766. The van der Waals surface area contributed by atoms with Crippen LogP contribution in [0, 0.1) is 5.82 Å². The first-order valence-electron chi connectivity index (χ1n) is 6.09. The zero-order valence-corrected chi connectivity index (χ0v) is 10.5. The summed E-state index contributed by atoms with van der Waals surface area (Å²) in [6.45, 7) is 1.06. The van der Waals surface area contributed by atoms with Crippen molar-refractivity contribution in [3.05, 3.63) is 60.1 Å². The van der Waals surface area contributed by atoms with Crippen LogP contribution in [0.2, 0.25) is 0 Å². The Morgan fingerprint density at radius 3 is 2.75 bits per heavy atom. The van der Waals surface area contributed by atoms with Crippen molar-refractivity contribution in [3.63, 3.8) is 0 Å². The standard InChI is InChI=1S/C13H12FN5O/c14-10-3-5-11(6-4-10)19-13(16-17-18-19)9-15-8-12-2-1-7-20-12/h1-7,15H,8-9H2. The average Bonchev–Trinajstić information content (AvgIpc) is 3.11. The van der Waals surface area contributed by atoms with Crippen LogP contribution in [0.15, 0.2) is 47.1 Å². The van der Waals surface area contributed by atoms with Crippen molar-refractivity contribution in [1.82, 2.24) is 25.5 Å². The van der Waals surface area contributed by atoms with Gasteiger partial charge in [-0.1, -0.05) is 0 Å².